The third kappa shape index (κ3) is 4.91. The van der Waals surface area contributed by atoms with Gasteiger partial charge in [0.05, 0.1) is 11.0 Å². The molecule has 0 bridgehead atoms. The van der Waals surface area contributed by atoms with Crippen LogP contribution < -0.4 is 4.74 Å². The molecule has 0 aliphatic heterocycles. The van der Waals surface area contributed by atoms with Crippen molar-refractivity contribution in [1.82, 2.24) is 24.8 Å². The normalized spacial score (nSPS) is 10.3. The number of fused-ring (bicyclic) bond motifs is 2. The van der Waals surface area contributed by atoms with Gasteiger partial charge in [0, 0.05) is 37.9 Å². The Hall–Kier alpha value is -3.39. The second-order valence-electron chi connectivity index (χ2n) is 5.92. The van der Waals surface area contributed by atoms with Crippen LogP contribution in [0.1, 0.15) is 13.8 Å². The van der Waals surface area contributed by atoms with E-state index in [1.54, 1.807) is 36.9 Å². The van der Waals surface area contributed by atoms with E-state index in [9.17, 15) is 5.11 Å². The molecule has 2 aromatic carbocycles. The van der Waals surface area contributed by atoms with E-state index >= 15 is 0 Å². The van der Waals surface area contributed by atoms with E-state index in [1.165, 1.54) is 0 Å². The van der Waals surface area contributed by atoms with Crippen molar-refractivity contribution in [3.8, 4) is 11.5 Å². The maximum Gasteiger partial charge on any atom is 0.264 e. The Kier molecular flexibility index (Phi) is 6.80. The molecular formula is C21H21N5O2S. The molecule has 0 saturated heterocycles. The molecule has 0 saturated carbocycles. The molecule has 4 aromatic rings. The first-order chi connectivity index (χ1) is 14.1. The molecule has 0 aliphatic rings. The number of phenols is 1. The lowest BCUT2D eigenvalue weighted by molar-refractivity contribution is 0.380. The highest BCUT2D eigenvalue weighted by molar-refractivity contribution is 7.80. The Morgan fingerprint density at radius 3 is 2.03 bits per heavy atom. The molecule has 0 radical (unpaired) electrons. The number of thiocarbonyl (C=S) groups is 1. The average molecular weight is 407 g/mol. The Morgan fingerprint density at radius 1 is 0.862 bits per heavy atom. The molecule has 29 heavy (non-hydrogen) atoms. The van der Waals surface area contributed by atoms with Crippen molar-refractivity contribution in [1.29, 1.82) is 0 Å². The fourth-order valence-corrected chi connectivity index (χ4v) is 3.01. The van der Waals surface area contributed by atoms with Crippen LogP contribution in [-0.4, -0.2) is 48.2 Å². The SMILES string of the molecule is CCN(CC)C(=S)Oc1cccc2nccnc12.Oc1cccc2nccnc12. The van der Waals surface area contributed by atoms with Crippen LogP contribution >= 0.6 is 12.2 Å². The summed E-state index contributed by atoms with van der Waals surface area (Å²) in [5, 5.41) is 9.74. The second kappa shape index (κ2) is 9.70. The molecule has 0 amide bonds. The first kappa shape index (κ1) is 20.3. The van der Waals surface area contributed by atoms with Crippen molar-refractivity contribution in [2.24, 2.45) is 0 Å². The highest BCUT2D eigenvalue weighted by Crippen LogP contribution is 2.22. The van der Waals surface area contributed by atoms with Crippen molar-refractivity contribution in [2.45, 2.75) is 13.8 Å². The van der Waals surface area contributed by atoms with Gasteiger partial charge in [0.15, 0.2) is 5.75 Å². The molecule has 8 heteroatoms. The summed E-state index contributed by atoms with van der Waals surface area (Å²) in [5.41, 5.74) is 2.80. The van der Waals surface area contributed by atoms with Crippen LogP contribution in [0, 0.1) is 0 Å². The summed E-state index contributed by atoms with van der Waals surface area (Å²) in [5.74, 6) is 0.827. The average Bonchev–Trinajstić information content (AvgIpc) is 2.76. The number of benzene rings is 2. The Morgan fingerprint density at radius 2 is 1.41 bits per heavy atom. The lowest BCUT2D eigenvalue weighted by atomic mass is 10.3. The third-order valence-corrected chi connectivity index (χ3v) is 4.50. The molecular weight excluding hydrogens is 386 g/mol. The van der Waals surface area contributed by atoms with Gasteiger partial charge in [-0.1, -0.05) is 12.1 Å². The monoisotopic (exact) mass is 407 g/mol. The number of para-hydroxylation sites is 2. The quantitative estimate of drug-likeness (QED) is 0.511. The lowest BCUT2D eigenvalue weighted by Crippen LogP contribution is -2.32. The van der Waals surface area contributed by atoms with Crippen LogP contribution in [0.25, 0.3) is 22.1 Å². The van der Waals surface area contributed by atoms with E-state index in [-0.39, 0.29) is 5.75 Å². The zero-order valence-corrected chi connectivity index (χ0v) is 17.0. The van der Waals surface area contributed by atoms with Crippen molar-refractivity contribution in [3.05, 3.63) is 61.2 Å². The highest BCUT2D eigenvalue weighted by Gasteiger charge is 2.10. The van der Waals surface area contributed by atoms with Crippen LogP contribution in [0.3, 0.4) is 0 Å². The third-order valence-electron chi connectivity index (χ3n) is 4.16. The van der Waals surface area contributed by atoms with Gasteiger partial charge in [-0.15, -0.1) is 0 Å². The van der Waals surface area contributed by atoms with Crippen LogP contribution in [-0.2, 0) is 0 Å². The molecule has 0 fully saturated rings. The van der Waals surface area contributed by atoms with Crippen LogP contribution in [0.4, 0.5) is 0 Å². The highest BCUT2D eigenvalue weighted by atomic mass is 32.1. The summed E-state index contributed by atoms with van der Waals surface area (Å²) >= 11 is 5.27. The lowest BCUT2D eigenvalue weighted by Gasteiger charge is -2.21. The van der Waals surface area contributed by atoms with E-state index in [0.29, 0.717) is 22.0 Å². The standard InChI is InChI=1S/C13H15N3OS.C8H6N2O/c1-3-16(4-2)13(18)17-11-7-5-6-10-12(11)15-9-8-14-10;11-7-3-1-2-6-8(7)10-5-4-9-6/h5-9H,3-4H2,1-2H3;1-5,11H. The Balaban J connectivity index is 0.000000186. The first-order valence-electron chi connectivity index (χ1n) is 9.19. The summed E-state index contributed by atoms with van der Waals surface area (Å²) in [6, 6.07) is 10.8. The van der Waals surface area contributed by atoms with Crippen molar-refractivity contribution in [3.63, 3.8) is 0 Å². The van der Waals surface area contributed by atoms with Gasteiger partial charge in [0.1, 0.15) is 16.8 Å². The van der Waals surface area contributed by atoms with E-state index in [1.807, 2.05) is 43.0 Å². The number of ether oxygens (including phenoxy) is 1. The molecule has 2 heterocycles. The largest absolute Gasteiger partial charge is 0.506 e. The summed E-state index contributed by atoms with van der Waals surface area (Å²) in [4.78, 5) is 18.5. The molecule has 1 N–H and O–H groups in total. The summed E-state index contributed by atoms with van der Waals surface area (Å²) in [6.45, 7) is 5.74. The van der Waals surface area contributed by atoms with E-state index in [2.05, 4.69) is 19.9 Å². The fraction of sp³-hybridized carbons (Fsp3) is 0.190. The van der Waals surface area contributed by atoms with Gasteiger partial charge in [0.2, 0.25) is 0 Å². The predicted octanol–water partition coefficient (Wildman–Crippen LogP) is 3.97. The molecule has 4 rings (SSSR count). The Labute approximate surface area is 174 Å². The minimum absolute atomic E-state index is 0.176. The fourth-order valence-electron chi connectivity index (χ4n) is 2.67. The maximum absolute atomic E-state index is 9.27. The number of hydrogen-bond donors (Lipinski definition) is 1. The number of nitrogens with zero attached hydrogens (tertiary/aromatic N) is 5. The zero-order chi connectivity index (χ0) is 20.6. The molecule has 0 aliphatic carbocycles. The summed E-state index contributed by atoms with van der Waals surface area (Å²) in [6.07, 6.45) is 6.47. The number of rotatable bonds is 3. The van der Waals surface area contributed by atoms with Crippen LogP contribution in [0.15, 0.2) is 61.2 Å². The minimum atomic E-state index is 0.176. The minimum Gasteiger partial charge on any atom is -0.506 e. The van der Waals surface area contributed by atoms with Crippen LogP contribution in [0.2, 0.25) is 0 Å². The van der Waals surface area contributed by atoms with Gasteiger partial charge in [0.25, 0.3) is 5.17 Å². The van der Waals surface area contributed by atoms with Crippen molar-refractivity contribution >= 4 is 39.5 Å². The maximum atomic E-state index is 9.27. The number of aromatic hydroxyl groups is 1. The molecule has 0 atom stereocenters. The van der Waals surface area contributed by atoms with E-state index < -0.39 is 0 Å². The van der Waals surface area contributed by atoms with Gasteiger partial charge >= 0.3 is 0 Å². The van der Waals surface area contributed by atoms with Gasteiger partial charge in [-0.05, 0) is 50.3 Å². The van der Waals surface area contributed by atoms with Gasteiger partial charge < -0.3 is 14.7 Å². The summed E-state index contributed by atoms with van der Waals surface area (Å²) < 4.78 is 5.73. The van der Waals surface area contributed by atoms with Crippen molar-refractivity contribution < 1.29 is 9.84 Å². The number of phenolic OH excluding ortho intramolecular Hbond substituents is 1. The van der Waals surface area contributed by atoms with Crippen LogP contribution in [0.5, 0.6) is 11.5 Å². The molecule has 0 unspecified atom stereocenters. The molecule has 2 aromatic heterocycles. The Bertz CT molecular complexity index is 1110. The van der Waals surface area contributed by atoms with Gasteiger partial charge in [-0.25, -0.2) is 9.97 Å². The van der Waals surface area contributed by atoms with E-state index in [4.69, 9.17) is 17.0 Å². The van der Waals surface area contributed by atoms with Crippen molar-refractivity contribution in [2.75, 3.05) is 13.1 Å². The predicted molar refractivity (Wildman–Crippen MR) is 117 cm³/mol. The topological polar surface area (TPSA) is 84.3 Å². The first-order valence-corrected chi connectivity index (χ1v) is 9.60. The molecule has 0 spiro atoms. The second-order valence-corrected chi connectivity index (χ2v) is 6.27. The number of hydrogen-bond acceptors (Lipinski definition) is 7. The zero-order valence-electron chi connectivity index (χ0n) is 16.2. The molecule has 7 nitrogen and oxygen atoms in total. The van der Waals surface area contributed by atoms with Gasteiger partial charge in [-0.3, -0.25) is 9.97 Å². The molecule has 148 valence electrons. The van der Waals surface area contributed by atoms with E-state index in [0.717, 1.165) is 24.1 Å². The summed E-state index contributed by atoms with van der Waals surface area (Å²) in [7, 11) is 0. The van der Waals surface area contributed by atoms with Gasteiger partial charge in [-0.2, -0.15) is 0 Å². The smallest absolute Gasteiger partial charge is 0.264 e. The number of aromatic nitrogens is 4.